The number of anilines is 1. The van der Waals surface area contributed by atoms with Gasteiger partial charge in [0, 0.05) is 50.0 Å². The molecule has 0 aliphatic carbocycles. The summed E-state index contributed by atoms with van der Waals surface area (Å²) in [6.45, 7) is 4.84. The third-order valence-electron chi connectivity index (χ3n) is 7.99. The monoisotopic (exact) mass is 692 g/mol. The molecule has 0 bridgehead atoms. The molecule has 2 saturated heterocycles. The fourth-order valence-corrected chi connectivity index (χ4v) is 5.39. The van der Waals surface area contributed by atoms with Gasteiger partial charge in [-0.3, -0.25) is 19.2 Å². The molecule has 2 amide bonds. The molecule has 2 aliphatic heterocycles. The number of ether oxygens (including phenoxy) is 1. The van der Waals surface area contributed by atoms with Crippen LogP contribution in [0.1, 0.15) is 40.2 Å². The van der Waals surface area contributed by atoms with E-state index in [4.69, 9.17) is 26.2 Å². The number of carboxylic acid groups (broad SMARTS) is 1. The maximum atomic E-state index is 14.3. The molecule has 0 saturated carbocycles. The van der Waals surface area contributed by atoms with Crippen LogP contribution in [0, 0.1) is 11.6 Å². The molecule has 2 aromatic carbocycles. The van der Waals surface area contributed by atoms with Crippen LogP contribution in [0.2, 0.25) is 5.02 Å². The van der Waals surface area contributed by atoms with E-state index in [0.29, 0.717) is 31.2 Å². The van der Waals surface area contributed by atoms with E-state index >= 15 is 0 Å². The van der Waals surface area contributed by atoms with Crippen molar-refractivity contribution in [2.45, 2.75) is 24.9 Å². The number of aldehydes is 1. The Labute approximate surface area is 281 Å². The number of piperazine rings is 1. The van der Waals surface area contributed by atoms with Crippen molar-refractivity contribution < 1.29 is 42.9 Å². The molecule has 2 fully saturated rings. The Morgan fingerprint density at radius 2 is 1.73 bits per heavy atom. The van der Waals surface area contributed by atoms with Crippen molar-refractivity contribution in [3.8, 4) is 17.0 Å². The molecule has 0 radical (unpaired) electrons. The van der Waals surface area contributed by atoms with E-state index in [0.717, 1.165) is 39.3 Å². The fraction of sp³-hybridized carbons (Fsp3) is 0.406. The normalized spacial score (nSPS) is 15.6. The first-order valence-corrected chi connectivity index (χ1v) is 15.3. The van der Waals surface area contributed by atoms with Crippen LogP contribution in [-0.4, -0.2) is 113 Å². The Morgan fingerprint density at radius 1 is 1.08 bits per heavy atom. The highest BCUT2D eigenvalue weighted by atomic mass is 35.5. The van der Waals surface area contributed by atoms with Gasteiger partial charge in [0.15, 0.2) is 23.7 Å². The molecule has 13 nitrogen and oxygen atoms in total. The van der Waals surface area contributed by atoms with Gasteiger partial charge in [0.2, 0.25) is 11.7 Å². The van der Waals surface area contributed by atoms with E-state index in [1.54, 1.807) is 0 Å². The average Bonchev–Trinajstić information content (AvgIpc) is 3.44. The summed E-state index contributed by atoms with van der Waals surface area (Å²) in [4.78, 5) is 51.9. The van der Waals surface area contributed by atoms with Crippen molar-refractivity contribution >= 4 is 41.9 Å². The number of piperidine rings is 1. The molecule has 0 unspecified atom stereocenters. The summed E-state index contributed by atoms with van der Waals surface area (Å²) in [6, 6.07) is 7.02. The van der Waals surface area contributed by atoms with Crippen LogP contribution in [0.25, 0.3) is 11.3 Å². The molecule has 5 rings (SSSR count). The van der Waals surface area contributed by atoms with Crippen LogP contribution < -0.4 is 15.4 Å². The Hall–Kier alpha value is -4.44. The molecular weight excluding hydrogens is 654 g/mol. The highest BCUT2D eigenvalue weighted by molar-refractivity contribution is 6.33. The number of halogens is 3. The van der Waals surface area contributed by atoms with Crippen molar-refractivity contribution in [3.63, 3.8) is 0 Å². The molecule has 0 atom stereocenters. The first-order chi connectivity index (χ1) is 22.9. The van der Waals surface area contributed by atoms with E-state index < -0.39 is 23.1 Å². The first kappa shape index (κ1) is 38.0. The van der Waals surface area contributed by atoms with E-state index in [-0.39, 0.29) is 45.8 Å². The van der Waals surface area contributed by atoms with Gasteiger partial charge < -0.3 is 40.0 Å². The predicted octanol–water partition coefficient (Wildman–Crippen LogP) is 3.06. The summed E-state index contributed by atoms with van der Waals surface area (Å²) >= 11 is 5.94. The maximum absolute atomic E-state index is 14.3. The van der Waals surface area contributed by atoms with Crippen molar-refractivity contribution in [2.24, 2.45) is 7.05 Å². The highest BCUT2D eigenvalue weighted by Crippen LogP contribution is 2.30. The van der Waals surface area contributed by atoms with Gasteiger partial charge in [-0.05, 0) is 63.3 Å². The number of rotatable bonds is 7. The number of nitrogens with zero attached hydrogens (tertiary/aromatic N) is 4. The number of amides is 2. The van der Waals surface area contributed by atoms with E-state index in [2.05, 4.69) is 27.6 Å². The number of likely N-dealkylation sites (N-methyl/N-ethyl adjacent to an activating group) is 1. The van der Waals surface area contributed by atoms with Crippen molar-refractivity contribution in [1.82, 2.24) is 24.7 Å². The van der Waals surface area contributed by atoms with Crippen LogP contribution >= 0.6 is 11.6 Å². The third-order valence-corrected chi connectivity index (χ3v) is 8.32. The number of imidazole rings is 1. The minimum atomic E-state index is -1.13. The Morgan fingerprint density at radius 3 is 2.31 bits per heavy atom. The number of hydrogen-bond donors (Lipinski definition) is 4. The molecule has 260 valence electrons. The summed E-state index contributed by atoms with van der Waals surface area (Å²) in [5.74, 6) is -2.96. The van der Waals surface area contributed by atoms with Crippen LogP contribution in [0.15, 0.2) is 36.5 Å². The average molecular weight is 693 g/mol. The van der Waals surface area contributed by atoms with Crippen LogP contribution in [0.4, 0.5) is 14.5 Å². The quantitative estimate of drug-likeness (QED) is 0.271. The minimum absolute atomic E-state index is 0.0267. The molecule has 1 aromatic heterocycles. The number of aliphatic hydroxyl groups is 1. The van der Waals surface area contributed by atoms with Crippen LogP contribution in [-0.2, 0) is 16.6 Å². The summed E-state index contributed by atoms with van der Waals surface area (Å²) in [6.07, 6.45) is 3.53. The summed E-state index contributed by atoms with van der Waals surface area (Å²) in [7, 11) is 4.81. The topological polar surface area (TPSA) is 166 Å². The van der Waals surface area contributed by atoms with Crippen molar-refractivity contribution in [1.29, 1.82) is 0 Å². The van der Waals surface area contributed by atoms with E-state index in [9.17, 15) is 28.3 Å². The van der Waals surface area contributed by atoms with Gasteiger partial charge in [-0.25, -0.2) is 9.37 Å². The standard InChI is InChI=1S/C19H14ClF2N3O3.C12H23N3O2.CH2O2/c1-25-14(12-5-6-15(28-2)17(22)16(12)21)8-23-18(25)19(27)24-11-4-3-10(9-26)13(20)7-11;1-14-6-8-15(9-7-14)11(16)10-12(17)2-4-13-5-3-12;2-1-3/h3-9H,1-2H3,(H,24,27);13,17H,2-10H2,1H3;1H,(H,2,3). The third kappa shape index (κ3) is 9.79. The van der Waals surface area contributed by atoms with Crippen molar-refractivity contribution in [3.05, 3.63) is 64.6 Å². The van der Waals surface area contributed by atoms with Gasteiger partial charge in [0.05, 0.1) is 36.0 Å². The number of hydrogen-bond acceptors (Lipinski definition) is 9. The number of aromatic nitrogens is 2. The van der Waals surface area contributed by atoms with Gasteiger partial charge in [0.25, 0.3) is 12.4 Å². The highest BCUT2D eigenvalue weighted by Gasteiger charge is 2.34. The van der Waals surface area contributed by atoms with Gasteiger partial charge in [-0.15, -0.1) is 0 Å². The Balaban J connectivity index is 0.000000266. The Bertz CT molecular complexity index is 1590. The van der Waals surface area contributed by atoms with Crippen LogP contribution in [0.3, 0.4) is 0 Å². The second-order valence-corrected chi connectivity index (χ2v) is 11.6. The van der Waals surface area contributed by atoms with Crippen LogP contribution in [0.5, 0.6) is 5.75 Å². The molecule has 0 spiro atoms. The van der Waals surface area contributed by atoms with Crippen molar-refractivity contribution in [2.75, 3.05) is 58.7 Å². The number of nitrogens with one attached hydrogen (secondary N) is 2. The zero-order chi connectivity index (χ0) is 35.4. The molecule has 3 aromatic rings. The summed E-state index contributed by atoms with van der Waals surface area (Å²) < 4.78 is 34.4. The van der Waals surface area contributed by atoms with Gasteiger partial charge in [0.1, 0.15) is 0 Å². The van der Waals surface area contributed by atoms with Gasteiger partial charge in [-0.2, -0.15) is 4.39 Å². The predicted molar refractivity (Wildman–Crippen MR) is 174 cm³/mol. The van der Waals surface area contributed by atoms with E-state index in [1.165, 1.54) is 55.3 Å². The number of carbonyl (C=O) groups excluding carboxylic acids is 3. The molecular formula is C32H39ClF2N6O7. The fourth-order valence-electron chi connectivity index (χ4n) is 5.16. The lowest BCUT2D eigenvalue weighted by molar-refractivity contribution is -0.139. The zero-order valence-electron chi connectivity index (χ0n) is 26.8. The maximum Gasteiger partial charge on any atom is 0.291 e. The summed E-state index contributed by atoms with van der Waals surface area (Å²) in [5, 5.41) is 23.2. The largest absolute Gasteiger partial charge is 0.494 e. The molecule has 2 aliphatic rings. The Kier molecular flexibility index (Phi) is 14.0. The first-order valence-electron chi connectivity index (χ1n) is 15.0. The zero-order valence-corrected chi connectivity index (χ0v) is 27.6. The minimum Gasteiger partial charge on any atom is -0.494 e. The second kappa shape index (κ2) is 17.6. The number of carbonyl (C=O) groups is 4. The smallest absolute Gasteiger partial charge is 0.291 e. The van der Waals surface area contributed by atoms with Gasteiger partial charge >= 0.3 is 0 Å². The number of benzene rings is 2. The lowest BCUT2D eigenvalue weighted by Crippen LogP contribution is -2.50. The molecule has 4 N–H and O–H groups in total. The SMILES string of the molecule is CN1CCN(C(=O)CC2(O)CCNCC2)CC1.COc1ccc(-c2cnc(C(=O)Nc3ccc(C=O)c(Cl)c3)n2C)c(F)c1F.O=CO. The van der Waals surface area contributed by atoms with E-state index in [1.807, 2.05) is 4.90 Å². The second-order valence-electron chi connectivity index (χ2n) is 11.2. The molecule has 16 heteroatoms. The van der Waals surface area contributed by atoms with Gasteiger partial charge in [-0.1, -0.05) is 11.6 Å². The lowest BCUT2D eigenvalue weighted by Gasteiger charge is -2.37. The molecule has 48 heavy (non-hydrogen) atoms. The number of methoxy groups -OCH3 is 1. The summed E-state index contributed by atoms with van der Waals surface area (Å²) in [5.41, 5.74) is 0.0122. The lowest BCUT2D eigenvalue weighted by atomic mass is 9.88. The molecule has 3 heterocycles.